The van der Waals surface area contributed by atoms with Gasteiger partial charge in [-0.2, -0.15) is 9.97 Å². The lowest BCUT2D eigenvalue weighted by molar-refractivity contribution is 0.0598. The van der Waals surface area contributed by atoms with Crippen molar-refractivity contribution in [3.8, 4) is 11.8 Å². The summed E-state index contributed by atoms with van der Waals surface area (Å²) in [4.78, 5) is 21.7. The number of ether oxygens (including phenoxy) is 2. The molecule has 0 aliphatic heterocycles. The molecule has 1 heterocycles. The third kappa shape index (κ3) is 3.61. The number of benzene rings is 1. The van der Waals surface area contributed by atoms with E-state index in [9.17, 15) is 4.79 Å². The second-order valence-corrected chi connectivity index (χ2v) is 4.70. The summed E-state index contributed by atoms with van der Waals surface area (Å²) in [6, 6.07) is 8.34. The van der Waals surface area contributed by atoms with E-state index < -0.39 is 5.97 Å². The molecule has 0 bridgehead atoms. The molecule has 110 valence electrons. The number of hydrogen-bond donors (Lipinski definition) is 0. The van der Waals surface area contributed by atoms with E-state index in [0.717, 1.165) is 0 Å². The Morgan fingerprint density at radius 1 is 1.24 bits per heavy atom. The number of anilines is 1. The molecule has 2 aromatic rings. The highest BCUT2D eigenvalue weighted by atomic mass is 35.5. The van der Waals surface area contributed by atoms with Gasteiger partial charge in [-0.3, -0.25) is 0 Å². The second kappa shape index (κ2) is 6.41. The zero-order valence-electron chi connectivity index (χ0n) is 11.8. The Morgan fingerprint density at radius 2 is 1.95 bits per heavy atom. The first-order valence-corrected chi connectivity index (χ1v) is 6.46. The molecule has 0 radical (unpaired) electrons. The summed E-state index contributed by atoms with van der Waals surface area (Å²) in [5, 5.41) is 0.249. The van der Waals surface area contributed by atoms with E-state index in [4.69, 9.17) is 21.1 Å². The quantitative estimate of drug-likeness (QED) is 0.639. The van der Waals surface area contributed by atoms with Gasteiger partial charge < -0.3 is 14.4 Å². The summed E-state index contributed by atoms with van der Waals surface area (Å²) in [6.45, 7) is 0. The molecule has 1 aromatic heterocycles. The molecule has 6 nitrogen and oxygen atoms in total. The second-order valence-electron chi connectivity index (χ2n) is 4.32. The van der Waals surface area contributed by atoms with Gasteiger partial charge in [-0.25, -0.2) is 4.79 Å². The first-order chi connectivity index (χ1) is 10.0. The molecule has 0 saturated heterocycles. The largest absolute Gasteiger partial charge is 0.465 e. The van der Waals surface area contributed by atoms with Crippen LogP contribution in [-0.4, -0.2) is 37.1 Å². The summed E-state index contributed by atoms with van der Waals surface area (Å²) in [7, 11) is 4.95. The van der Waals surface area contributed by atoms with Gasteiger partial charge in [-0.1, -0.05) is 23.7 Å². The first kappa shape index (κ1) is 15.1. The van der Waals surface area contributed by atoms with Crippen LogP contribution in [-0.2, 0) is 4.74 Å². The van der Waals surface area contributed by atoms with Crippen molar-refractivity contribution in [2.45, 2.75) is 0 Å². The molecule has 0 fully saturated rings. The normalized spacial score (nSPS) is 10.1. The summed E-state index contributed by atoms with van der Waals surface area (Å²) in [6.07, 6.45) is 0. The fourth-order valence-corrected chi connectivity index (χ4v) is 1.76. The first-order valence-electron chi connectivity index (χ1n) is 6.08. The van der Waals surface area contributed by atoms with Crippen LogP contribution in [0.5, 0.6) is 11.8 Å². The van der Waals surface area contributed by atoms with Crippen molar-refractivity contribution >= 4 is 23.4 Å². The number of carbonyl (C=O) groups is 1. The smallest absolute Gasteiger partial charge is 0.341 e. The predicted molar refractivity (Wildman–Crippen MR) is 79.2 cm³/mol. The van der Waals surface area contributed by atoms with Gasteiger partial charge in [0.1, 0.15) is 22.3 Å². The topological polar surface area (TPSA) is 64.6 Å². The number of methoxy groups -OCH3 is 1. The van der Waals surface area contributed by atoms with Gasteiger partial charge in [0.15, 0.2) is 0 Å². The van der Waals surface area contributed by atoms with Gasteiger partial charge >= 0.3 is 12.0 Å². The average Bonchev–Trinajstić information content (AvgIpc) is 2.46. The van der Waals surface area contributed by atoms with Crippen LogP contribution in [0.25, 0.3) is 0 Å². The van der Waals surface area contributed by atoms with Crippen molar-refractivity contribution in [3.05, 3.63) is 41.0 Å². The number of halogens is 1. The summed E-state index contributed by atoms with van der Waals surface area (Å²) in [5.74, 6) is 0.400. The van der Waals surface area contributed by atoms with Gasteiger partial charge in [0.2, 0.25) is 0 Å². The van der Waals surface area contributed by atoms with Crippen LogP contribution in [0, 0.1) is 0 Å². The minimum atomic E-state index is -0.500. The lowest BCUT2D eigenvalue weighted by Gasteiger charge is -2.13. The summed E-state index contributed by atoms with van der Waals surface area (Å²) in [5.41, 5.74) is 0.287. The van der Waals surface area contributed by atoms with Crippen LogP contribution < -0.4 is 9.64 Å². The maximum absolute atomic E-state index is 11.7. The van der Waals surface area contributed by atoms with Gasteiger partial charge in [-0.05, 0) is 12.1 Å². The van der Waals surface area contributed by atoms with E-state index >= 15 is 0 Å². The molecule has 21 heavy (non-hydrogen) atoms. The van der Waals surface area contributed by atoms with E-state index in [2.05, 4.69) is 9.97 Å². The molecule has 0 saturated carbocycles. The Morgan fingerprint density at radius 3 is 2.62 bits per heavy atom. The van der Waals surface area contributed by atoms with Crippen molar-refractivity contribution in [2.24, 2.45) is 0 Å². The molecule has 0 amide bonds. The molecule has 0 spiro atoms. The Labute approximate surface area is 127 Å². The van der Waals surface area contributed by atoms with Gasteiger partial charge in [0.25, 0.3) is 0 Å². The standard InChI is InChI=1S/C14H14ClN3O3/c1-18(2)12-8-11(15)16-14(17-12)21-10-7-5-4-6-9(10)13(19)20-3/h4-8H,1-3H3. The Hall–Kier alpha value is -2.34. The minimum absolute atomic E-state index is 0.0579. The number of rotatable bonds is 4. The number of aromatic nitrogens is 2. The fourth-order valence-electron chi connectivity index (χ4n) is 1.59. The number of esters is 1. The van der Waals surface area contributed by atoms with Crippen molar-refractivity contribution in [1.29, 1.82) is 0 Å². The van der Waals surface area contributed by atoms with E-state index in [1.165, 1.54) is 7.11 Å². The van der Waals surface area contributed by atoms with E-state index in [1.54, 1.807) is 35.2 Å². The highest BCUT2D eigenvalue weighted by Gasteiger charge is 2.15. The number of hydrogen-bond acceptors (Lipinski definition) is 6. The van der Waals surface area contributed by atoms with Gasteiger partial charge in [0, 0.05) is 20.2 Å². The lowest BCUT2D eigenvalue weighted by Crippen LogP contribution is -2.11. The maximum atomic E-state index is 11.7. The molecule has 0 aliphatic rings. The average molecular weight is 308 g/mol. The Bertz CT molecular complexity index is 662. The Kier molecular flexibility index (Phi) is 4.59. The molecule has 2 rings (SSSR count). The van der Waals surface area contributed by atoms with Crippen molar-refractivity contribution < 1.29 is 14.3 Å². The molecule has 0 N–H and O–H groups in total. The molecule has 7 heteroatoms. The van der Waals surface area contributed by atoms with Crippen LogP contribution in [0.2, 0.25) is 5.15 Å². The highest BCUT2D eigenvalue weighted by Crippen LogP contribution is 2.26. The number of carbonyl (C=O) groups excluding carboxylic acids is 1. The molecular formula is C14H14ClN3O3. The van der Waals surface area contributed by atoms with E-state index in [1.807, 2.05) is 14.1 Å². The zero-order valence-corrected chi connectivity index (χ0v) is 12.6. The monoisotopic (exact) mass is 307 g/mol. The third-order valence-electron chi connectivity index (χ3n) is 2.61. The minimum Gasteiger partial charge on any atom is -0.465 e. The van der Waals surface area contributed by atoms with Crippen molar-refractivity contribution in [3.63, 3.8) is 0 Å². The van der Waals surface area contributed by atoms with Crippen molar-refractivity contribution in [1.82, 2.24) is 9.97 Å². The highest BCUT2D eigenvalue weighted by molar-refractivity contribution is 6.29. The van der Waals surface area contributed by atoms with Crippen LogP contribution in [0.4, 0.5) is 5.82 Å². The summed E-state index contributed by atoms with van der Waals surface area (Å²) < 4.78 is 10.3. The summed E-state index contributed by atoms with van der Waals surface area (Å²) >= 11 is 5.94. The van der Waals surface area contributed by atoms with Crippen LogP contribution in [0.15, 0.2) is 30.3 Å². The molecule has 0 unspecified atom stereocenters. The molecular weight excluding hydrogens is 294 g/mol. The van der Waals surface area contributed by atoms with Gasteiger partial charge in [0.05, 0.1) is 7.11 Å². The zero-order chi connectivity index (χ0) is 15.4. The molecule has 0 atom stereocenters. The third-order valence-corrected chi connectivity index (χ3v) is 2.81. The fraction of sp³-hybridized carbons (Fsp3) is 0.214. The van der Waals surface area contributed by atoms with Gasteiger partial charge in [-0.15, -0.1) is 0 Å². The SMILES string of the molecule is COC(=O)c1ccccc1Oc1nc(Cl)cc(N(C)C)n1. The van der Waals surface area contributed by atoms with E-state index in [0.29, 0.717) is 11.6 Å². The van der Waals surface area contributed by atoms with Crippen LogP contribution in [0.1, 0.15) is 10.4 Å². The van der Waals surface area contributed by atoms with E-state index in [-0.39, 0.29) is 16.7 Å². The van der Waals surface area contributed by atoms with Crippen LogP contribution in [0.3, 0.4) is 0 Å². The Balaban J connectivity index is 2.37. The number of para-hydroxylation sites is 1. The number of nitrogens with zero attached hydrogens (tertiary/aromatic N) is 3. The lowest BCUT2D eigenvalue weighted by atomic mass is 10.2. The molecule has 1 aromatic carbocycles. The maximum Gasteiger partial charge on any atom is 0.341 e. The molecule has 0 aliphatic carbocycles. The predicted octanol–water partition coefficient (Wildman–Crippen LogP) is 2.77. The van der Waals surface area contributed by atoms with Crippen LogP contribution >= 0.6 is 11.6 Å². The van der Waals surface area contributed by atoms with Crippen molar-refractivity contribution in [2.75, 3.05) is 26.1 Å².